The molecule has 10 nitrogen and oxygen atoms in total. The van der Waals surface area contributed by atoms with E-state index >= 15 is 0 Å². The third-order valence-electron chi connectivity index (χ3n) is 4.94. The average Bonchev–Trinajstić information content (AvgIpc) is 2.88. The van der Waals surface area contributed by atoms with Gasteiger partial charge in [0.2, 0.25) is 0 Å². The molecule has 38 heavy (non-hydrogen) atoms. The molecule has 0 spiro atoms. The molecular formula is C26H49N3O7S2. The lowest BCUT2D eigenvalue weighted by Gasteiger charge is -2.22. The number of hydrogen-bond donors (Lipinski definition) is 3. The molecular weight excluding hydrogens is 530 g/mol. The molecule has 3 N–H and O–H groups in total. The first kappa shape index (κ1) is 36.6. The highest BCUT2D eigenvalue weighted by Gasteiger charge is 2.19. The molecule has 0 aliphatic rings. The van der Waals surface area contributed by atoms with Gasteiger partial charge in [-0.3, -0.25) is 0 Å². The third-order valence-corrected chi connectivity index (χ3v) is 7.97. The summed E-state index contributed by atoms with van der Waals surface area (Å²) in [6.45, 7) is 13.3. The summed E-state index contributed by atoms with van der Waals surface area (Å²) in [6.07, 6.45) is 2.40. The molecule has 2 amide bonds. The molecule has 0 fully saturated rings. The van der Waals surface area contributed by atoms with Crippen LogP contribution in [0.25, 0.3) is 0 Å². The number of nitrogens with one attached hydrogen (secondary N) is 3. The van der Waals surface area contributed by atoms with E-state index in [1.807, 2.05) is 7.05 Å². The maximum Gasteiger partial charge on any atom is 0.407 e. The van der Waals surface area contributed by atoms with Gasteiger partial charge in [-0.2, -0.15) is 0 Å². The van der Waals surface area contributed by atoms with Crippen molar-refractivity contribution >= 4 is 33.8 Å². The lowest BCUT2D eigenvalue weighted by atomic mass is 10.1. The zero-order valence-electron chi connectivity index (χ0n) is 23.9. The molecule has 0 saturated heterocycles. The first-order valence-corrected chi connectivity index (χ1v) is 15.6. The Morgan fingerprint density at radius 3 is 2.24 bits per heavy atom. The minimum Gasteiger partial charge on any atom is -0.450 e. The van der Waals surface area contributed by atoms with E-state index < -0.39 is 12.2 Å². The van der Waals surface area contributed by atoms with Crippen molar-refractivity contribution < 1.29 is 33.3 Å². The molecule has 0 aromatic carbocycles. The van der Waals surface area contributed by atoms with Crippen LogP contribution < -0.4 is 16.0 Å². The van der Waals surface area contributed by atoms with Gasteiger partial charge in [0.1, 0.15) is 5.94 Å². The number of carbonyl (C=O) groups is 2. The van der Waals surface area contributed by atoms with E-state index in [0.29, 0.717) is 71.2 Å². The summed E-state index contributed by atoms with van der Waals surface area (Å²) in [5, 5.41) is 8.30. The number of ether oxygens (including phenoxy) is 5. The highest BCUT2D eigenvalue weighted by Crippen LogP contribution is 2.37. The number of hydrogen-bond acceptors (Lipinski definition) is 10. The highest BCUT2D eigenvalue weighted by atomic mass is 33.1. The normalized spacial score (nSPS) is 11.8. The molecule has 0 bridgehead atoms. The van der Waals surface area contributed by atoms with Gasteiger partial charge >= 0.3 is 12.2 Å². The van der Waals surface area contributed by atoms with Gasteiger partial charge in [0.25, 0.3) is 0 Å². The average molecular weight is 580 g/mol. The molecule has 0 aromatic heterocycles. The van der Waals surface area contributed by atoms with Crippen LogP contribution in [-0.4, -0.2) is 95.8 Å². The van der Waals surface area contributed by atoms with Crippen LogP contribution >= 0.6 is 21.6 Å². The Morgan fingerprint density at radius 2 is 1.53 bits per heavy atom. The lowest BCUT2D eigenvalue weighted by Crippen LogP contribution is -2.29. The minimum absolute atomic E-state index is 0.0646. The molecule has 0 aromatic rings. The largest absolute Gasteiger partial charge is 0.450 e. The van der Waals surface area contributed by atoms with Crippen LogP contribution in [0.3, 0.4) is 0 Å². The van der Waals surface area contributed by atoms with E-state index in [9.17, 15) is 9.59 Å². The van der Waals surface area contributed by atoms with Crippen molar-refractivity contribution in [1.29, 1.82) is 0 Å². The Balaban J connectivity index is 3.55. The van der Waals surface area contributed by atoms with Gasteiger partial charge in [0.15, 0.2) is 0 Å². The number of amides is 2. The van der Waals surface area contributed by atoms with Gasteiger partial charge < -0.3 is 39.6 Å². The van der Waals surface area contributed by atoms with E-state index in [-0.39, 0.29) is 4.75 Å². The quantitative estimate of drug-likeness (QED) is 0.0709. The first-order valence-electron chi connectivity index (χ1n) is 13.3. The molecule has 0 saturated carbocycles. The summed E-state index contributed by atoms with van der Waals surface area (Å²) < 4.78 is 26.7. The van der Waals surface area contributed by atoms with Crippen molar-refractivity contribution in [3.8, 4) is 11.8 Å². The molecule has 0 aliphatic carbocycles. The Kier molecular flexibility index (Phi) is 25.0. The predicted octanol–water partition coefficient (Wildman–Crippen LogP) is 4.05. The smallest absolute Gasteiger partial charge is 0.407 e. The third kappa shape index (κ3) is 26.3. The van der Waals surface area contributed by atoms with Crippen LogP contribution in [0.15, 0.2) is 0 Å². The van der Waals surface area contributed by atoms with Crippen molar-refractivity contribution in [3.05, 3.63) is 0 Å². The first-order chi connectivity index (χ1) is 18.3. The molecule has 0 radical (unpaired) electrons. The monoisotopic (exact) mass is 579 g/mol. The van der Waals surface area contributed by atoms with Gasteiger partial charge in [-0.15, -0.1) is 0 Å². The van der Waals surface area contributed by atoms with Crippen molar-refractivity contribution in [3.63, 3.8) is 0 Å². The number of alkyl carbamates (subject to hydrolysis) is 2. The van der Waals surface area contributed by atoms with Gasteiger partial charge in [0, 0.05) is 30.4 Å². The van der Waals surface area contributed by atoms with Crippen LogP contribution in [0.1, 0.15) is 53.4 Å². The fourth-order valence-corrected chi connectivity index (χ4v) is 4.72. The number of unbranched alkanes of at least 4 members (excludes halogenated alkanes) is 1. The summed E-state index contributed by atoms with van der Waals surface area (Å²) in [5.74, 6) is 6.88. The molecule has 0 heterocycles. The minimum atomic E-state index is -0.439. The van der Waals surface area contributed by atoms with Crippen molar-refractivity contribution in [2.24, 2.45) is 5.92 Å². The van der Waals surface area contributed by atoms with Gasteiger partial charge in [-0.05, 0) is 46.6 Å². The van der Waals surface area contributed by atoms with E-state index in [1.54, 1.807) is 21.6 Å². The van der Waals surface area contributed by atoms with E-state index in [1.165, 1.54) is 0 Å². The summed E-state index contributed by atoms with van der Waals surface area (Å²) in [6, 6.07) is 0. The second-order valence-corrected chi connectivity index (χ2v) is 11.9. The number of rotatable bonds is 23. The summed E-state index contributed by atoms with van der Waals surface area (Å²) in [5.41, 5.74) is 0. The van der Waals surface area contributed by atoms with Gasteiger partial charge in [0.05, 0.1) is 46.2 Å². The summed E-state index contributed by atoms with van der Waals surface area (Å²) >= 11 is 0. The number of likely N-dealkylation sites (N-methyl/N-ethyl adjacent to an activating group) is 1. The highest BCUT2D eigenvalue weighted by molar-refractivity contribution is 8.77. The van der Waals surface area contributed by atoms with E-state index in [4.69, 9.17) is 23.7 Å². The zero-order valence-corrected chi connectivity index (χ0v) is 25.5. The molecule has 222 valence electrons. The van der Waals surface area contributed by atoms with Crippen molar-refractivity contribution in [2.45, 2.75) is 58.1 Å². The Hall–Kier alpha value is -1.36. The van der Waals surface area contributed by atoms with Gasteiger partial charge in [-0.1, -0.05) is 47.3 Å². The Morgan fingerprint density at radius 1 is 0.868 bits per heavy atom. The van der Waals surface area contributed by atoms with Gasteiger partial charge in [-0.25, -0.2) is 9.59 Å². The summed E-state index contributed by atoms with van der Waals surface area (Å²) in [7, 11) is 5.21. The fraction of sp³-hybridized carbons (Fsp3) is 0.846. The van der Waals surface area contributed by atoms with E-state index in [0.717, 1.165) is 32.2 Å². The molecule has 1 unspecified atom stereocenters. The second-order valence-electron chi connectivity index (χ2n) is 8.95. The SMILES string of the molecule is CCC(C)C#CCNC(=O)OCCCCOCSSC(C)(C)CCOC(=O)NCCOCCOCCNC. The predicted molar refractivity (Wildman–Crippen MR) is 155 cm³/mol. The van der Waals surface area contributed by atoms with Crippen molar-refractivity contribution in [2.75, 3.05) is 78.9 Å². The maximum absolute atomic E-state index is 11.8. The van der Waals surface area contributed by atoms with E-state index in [2.05, 4.69) is 55.5 Å². The van der Waals surface area contributed by atoms with Crippen molar-refractivity contribution in [1.82, 2.24) is 16.0 Å². The van der Waals surface area contributed by atoms with Crippen LogP contribution in [0.2, 0.25) is 0 Å². The maximum atomic E-state index is 11.8. The lowest BCUT2D eigenvalue weighted by molar-refractivity contribution is 0.0497. The van der Waals surface area contributed by atoms with Crippen LogP contribution in [-0.2, 0) is 23.7 Å². The van der Waals surface area contributed by atoms with Crippen LogP contribution in [0, 0.1) is 17.8 Å². The molecule has 1 atom stereocenters. The van der Waals surface area contributed by atoms with Crippen LogP contribution in [0.5, 0.6) is 0 Å². The van der Waals surface area contributed by atoms with Crippen LogP contribution in [0.4, 0.5) is 9.59 Å². The Bertz CT molecular complexity index is 660. The standard InChI is InChI=1S/C26H49N3O7S2/c1-6-23(2)10-9-12-28-24(30)35-16-8-7-15-34-22-37-38-26(3,4)11-17-36-25(31)29-14-19-33-21-20-32-18-13-27-5/h23,27H,6-8,11-22H2,1-5H3,(H,28,30)(H,29,31). The fourth-order valence-electron chi connectivity index (χ4n) is 2.45. The summed E-state index contributed by atoms with van der Waals surface area (Å²) in [4.78, 5) is 23.4. The second kappa shape index (κ2) is 25.9. The molecule has 0 aliphatic heterocycles. The zero-order chi connectivity index (χ0) is 28.3. The Labute approximate surface area is 237 Å². The molecule has 0 rings (SSSR count). The topological polar surface area (TPSA) is 116 Å². The number of carbonyl (C=O) groups excluding carboxylic acids is 2. The molecule has 12 heteroatoms.